The first-order valence-corrected chi connectivity index (χ1v) is 5.21. The van der Waals surface area contributed by atoms with Gasteiger partial charge in [0.2, 0.25) is 0 Å². The third-order valence-corrected chi connectivity index (χ3v) is 3.51. The van der Waals surface area contributed by atoms with Gasteiger partial charge in [0.05, 0.1) is 17.9 Å². The molecule has 12 heavy (non-hydrogen) atoms. The van der Waals surface area contributed by atoms with Crippen molar-refractivity contribution in [2.75, 3.05) is 6.54 Å². The van der Waals surface area contributed by atoms with Crippen molar-refractivity contribution in [1.29, 1.82) is 0 Å². The van der Waals surface area contributed by atoms with Crippen molar-refractivity contribution >= 4 is 11.8 Å². The van der Waals surface area contributed by atoms with Gasteiger partial charge >= 0.3 is 0 Å². The monoisotopic (exact) mass is 183 g/mol. The molecule has 1 saturated heterocycles. The van der Waals surface area contributed by atoms with Crippen molar-refractivity contribution in [3.8, 4) is 0 Å². The molecule has 1 aromatic rings. The molecule has 1 N–H and O–H groups in total. The summed E-state index contributed by atoms with van der Waals surface area (Å²) in [5.74, 6) is 0. The molecule has 2 rings (SSSR count). The quantitative estimate of drug-likeness (QED) is 0.723. The second-order valence-electron chi connectivity index (χ2n) is 3.13. The molecule has 1 aliphatic heterocycles. The van der Waals surface area contributed by atoms with Gasteiger partial charge in [0.15, 0.2) is 0 Å². The van der Waals surface area contributed by atoms with Crippen LogP contribution in [0.25, 0.3) is 0 Å². The summed E-state index contributed by atoms with van der Waals surface area (Å²) in [6, 6.07) is 2.03. The van der Waals surface area contributed by atoms with Crippen LogP contribution in [0.4, 0.5) is 0 Å². The van der Waals surface area contributed by atoms with Crippen LogP contribution in [0, 0.1) is 0 Å². The van der Waals surface area contributed by atoms with E-state index in [9.17, 15) is 0 Å². The van der Waals surface area contributed by atoms with Crippen molar-refractivity contribution in [3.63, 3.8) is 0 Å². The summed E-state index contributed by atoms with van der Waals surface area (Å²) in [7, 11) is 0. The molecule has 2 atom stereocenters. The second kappa shape index (κ2) is 3.54. The van der Waals surface area contributed by atoms with Crippen molar-refractivity contribution in [1.82, 2.24) is 5.32 Å². The highest BCUT2D eigenvalue weighted by Gasteiger charge is 2.20. The molecule has 1 aromatic heterocycles. The van der Waals surface area contributed by atoms with Crippen LogP contribution in [-0.4, -0.2) is 11.8 Å². The van der Waals surface area contributed by atoms with E-state index >= 15 is 0 Å². The van der Waals surface area contributed by atoms with Crippen LogP contribution in [0.5, 0.6) is 0 Å². The van der Waals surface area contributed by atoms with Crippen molar-refractivity contribution in [2.45, 2.75) is 24.0 Å². The van der Waals surface area contributed by atoms with Crippen LogP contribution in [0.1, 0.15) is 24.3 Å². The van der Waals surface area contributed by atoms with Gasteiger partial charge in [0.25, 0.3) is 0 Å². The minimum absolute atomic E-state index is 0.437. The van der Waals surface area contributed by atoms with Gasteiger partial charge in [-0.3, -0.25) is 0 Å². The highest BCUT2D eigenvalue weighted by atomic mass is 32.2. The lowest BCUT2D eigenvalue weighted by Gasteiger charge is -2.26. The summed E-state index contributed by atoms with van der Waals surface area (Å²) in [5.41, 5.74) is 1.26. The third-order valence-electron chi connectivity index (χ3n) is 2.09. The molecule has 0 radical (unpaired) electrons. The SMILES string of the molecule is CC1CCNC(c2ccoc2)S1. The predicted octanol–water partition coefficient (Wildman–Crippen LogP) is 2.39. The summed E-state index contributed by atoms with van der Waals surface area (Å²) in [6.07, 6.45) is 4.82. The molecular weight excluding hydrogens is 170 g/mol. The van der Waals surface area contributed by atoms with E-state index in [-0.39, 0.29) is 0 Å². The molecule has 2 unspecified atom stereocenters. The normalized spacial score (nSPS) is 30.4. The fraction of sp³-hybridized carbons (Fsp3) is 0.556. The minimum atomic E-state index is 0.437. The first kappa shape index (κ1) is 8.20. The highest BCUT2D eigenvalue weighted by Crippen LogP contribution is 2.34. The molecule has 66 valence electrons. The van der Waals surface area contributed by atoms with Gasteiger partial charge in [-0.2, -0.15) is 0 Å². The summed E-state index contributed by atoms with van der Waals surface area (Å²) < 4.78 is 5.05. The largest absolute Gasteiger partial charge is 0.472 e. The number of rotatable bonds is 1. The van der Waals surface area contributed by atoms with E-state index in [1.165, 1.54) is 12.0 Å². The molecule has 2 heterocycles. The van der Waals surface area contributed by atoms with E-state index in [1.807, 2.05) is 24.1 Å². The summed E-state index contributed by atoms with van der Waals surface area (Å²) in [5, 5.41) is 4.65. The van der Waals surface area contributed by atoms with Gasteiger partial charge in [-0.1, -0.05) is 6.92 Å². The summed E-state index contributed by atoms with van der Waals surface area (Å²) in [6.45, 7) is 3.39. The lowest BCUT2D eigenvalue weighted by atomic mass is 10.3. The van der Waals surface area contributed by atoms with Crippen molar-refractivity contribution in [2.24, 2.45) is 0 Å². The molecule has 2 nitrogen and oxygen atoms in total. The molecular formula is C9H13NOS. The number of hydrogen-bond donors (Lipinski definition) is 1. The molecule has 0 aliphatic carbocycles. The maximum atomic E-state index is 5.05. The summed E-state index contributed by atoms with van der Waals surface area (Å²) >= 11 is 1.97. The number of furan rings is 1. The Bertz CT molecular complexity index is 235. The number of hydrogen-bond acceptors (Lipinski definition) is 3. The Labute approximate surface area is 76.7 Å². The van der Waals surface area contributed by atoms with Gasteiger partial charge in [0.1, 0.15) is 0 Å². The van der Waals surface area contributed by atoms with Crippen LogP contribution < -0.4 is 5.32 Å². The van der Waals surface area contributed by atoms with Crippen molar-refractivity contribution in [3.05, 3.63) is 24.2 Å². The average molecular weight is 183 g/mol. The van der Waals surface area contributed by atoms with E-state index in [1.54, 1.807) is 6.26 Å². The molecule has 0 saturated carbocycles. The van der Waals surface area contributed by atoms with E-state index in [2.05, 4.69) is 12.2 Å². The topological polar surface area (TPSA) is 25.2 Å². The first-order chi connectivity index (χ1) is 5.86. The minimum Gasteiger partial charge on any atom is -0.472 e. The van der Waals surface area contributed by atoms with E-state index in [0.29, 0.717) is 5.37 Å². The zero-order valence-electron chi connectivity index (χ0n) is 7.12. The van der Waals surface area contributed by atoms with Gasteiger partial charge in [-0.25, -0.2) is 0 Å². The van der Waals surface area contributed by atoms with Gasteiger partial charge in [-0.15, -0.1) is 11.8 Å². The lowest BCUT2D eigenvalue weighted by Crippen LogP contribution is -2.28. The number of nitrogens with one attached hydrogen (secondary N) is 1. The summed E-state index contributed by atoms with van der Waals surface area (Å²) in [4.78, 5) is 0. The molecule has 3 heteroatoms. The zero-order chi connectivity index (χ0) is 8.39. The molecule has 1 fully saturated rings. The fourth-order valence-corrected chi connectivity index (χ4v) is 2.61. The van der Waals surface area contributed by atoms with Gasteiger partial charge in [0, 0.05) is 10.8 Å². The molecule has 0 bridgehead atoms. The Hall–Kier alpha value is -0.410. The van der Waals surface area contributed by atoms with Crippen molar-refractivity contribution < 1.29 is 4.42 Å². The third kappa shape index (κ3) is 1.67. The van der Waals surface area contributed by atoms with Crippen LogP contribution >= 0.6 is 11.8 Å². The molecule has 0 spiro atoms. The Morgan fingerprint density at radius 3 is 3.25 bits per heavy atom. The Morgan fingerprint density at radius 1 is 1.67 bits per heavy atom. The van der Waals surface area contributed by atoms with Crippen LogP contribution in [0.15, 0.2) is 23.0 Å². The van der Waals surface area contributed by atoms with Crippen LogP contribution in [0.3, 0.4) is 0 Å². The lowest BCUT2D eigenvalue weighted by molar-refractivity contribution is 0.554. The standard InChI is InChI=1S/C9H13NOS/c1-7-2-4-10-9(12-7)8-3-5-11-6-8/h3,5-7,9-10H,2,4H2,1H3. The fourth-order valence-electron chi connectivity index (χ4n) is 1.39. The average Bonchev–Trinajstić information content (AvgIpc) is 2.56. The van der Waals surface area contributed by atoms with Crippen LogP contribution in [-0.2, 0) is 0 Å². The Balaban J connectivity index is 2.04. The molecule has 0 aromatic carbocycles. The zero-order valence-corrected chi connectivity index (χ0v) is 7.93. The highest BCUT2D eigenvalue weighted by molar-refractivity contribution is 8.00. The Kier molecular flexibility index (Phi) is 2.42. The maximum absolute atomic E-state index is 5.05. The smallest absolute Gasteiger partial charge is 0.0959 e. The Morgan fingerprint density at radius 2 is 2.58 bits per heavy atom. The number of thioether (sulfide) groups is 1. The van der Waals surface area contributed by atoms with E-state index < -0.39 is 0 Å². The van der Waals surface area contributed by atoms with E-state index in [0.717, 1.165) is 11.8 Å². The molecule has 1 aliphatic rings. The first-order valence-electron chi connectivity index (χ1n) is 4.27. The maximum Gasteiger partial charge on any atom is 0.0959 e. The predicted molar refractivity (Wildman–Crippen MR) is 51.1 cm³/mol. The van der Waals surface area contributed by atoms with Gasteiger partial charge in [-0.05, 0) is 19.0 Å². The van der Waals surface area contributed by atoms with Gasteiger partial charge < -0.3 is 9.73 Å². The van der Waals surface area contributed by atoms with E-state index in [4.69, 9.17) is 4.42 Å². The molecule has 0 amide bonds. The second-order valence-corrected chi connectivity index (χ2v) is 4.67. The van der Waals surface area contributed by atoms with Crippen LogP contribution in [0.2, 0.25) is 0 Å².